The van der Waals surface area contributed by atoms with Crippen LogP contribution < -0.4 is 0 Å². The van der Waals surface area contributed by atoms with Gasteiger partial charge in [0.05, 0.1) is 0 Å². The van der Waals surface area contributed by atoms with Crippen molar-refractivity contribution in [3.63, 3.8) is 0 Å². The normalized spacial score (nSPS) is 11.0. The maximum atomic E-state index is 2.30. The van der Waals surface area contributed by atoms with Gasteiger partial charge < -0.3 is 0 Å². The van der Waals surface area contributed by atoms with Crippen LogP contribution in [0.1, 0.15) is 22.3 Å². The molecule has 0 radical (unpaired) electrons. The molecule has 0 bridgehead atoms. The van der Waals surface area contributed by atoms with Crippen molar-refractivity contribution in [2.24, 2.45) is 0 Å². The second-order valence-electron chi connectivity index (χ2n) is 11.0. The van der Waals surface area contributed by atoms with E-state index in [9.17, 15) is 0 Å². The summed E-state index contributed by atoms with van der Waals surface area (Å²) >= 11 is 0. The van der Waals surface area contributed by atoms with Crippen molar-refractivity contribution in [3.8, 4) is 55.6 Å². The molecular formula is C40H34. The summed E-state index contributed by atoms with van der Waals surface area (Å²) in [5.41, 5.74) is 17.6. The third kappa shape index (κ3) is 5.26. The molecule has 0 fully saturated rings. The Bertz CT molecular complexity index is 1630. The van der Waals surface area contributed by atoms with Gasteiger partial charge in [0.15, 0.2) is 0 Å². The van der Waals surface area contributed by atoms with Gasteiger partial charge in [-0.3, -0.25) is 0 Å². The number of benzene rings is 6. The molecule has 0 spiro atoms. The van der Waals surface area contributed by atoms with E-state index in [2.05, 4.69) is 161 Å². The Morgan fingerprint density at radius 1 is 0.225 bits per heavy atom. The van der Waals surface area contributed by atoms with Gasteiger partial charge in [0, 0.05) is 0 Å². The van der Waals surface area contributed by atoms with Gasteiger partial charge in [0.25, 0.3) is 0 Å². The molecule has 40 heavy (non-hydrogen) atoms. The fourth-order valence-corrected chi connectivity index (χ4v) is 5.45. The predicted octanol–water partition coefficient (Wildman–Crippen LogP) is 11.3. The fraction of sp³-hybridized carbons (Fsp3) is 0.100. The summed E-state index contributed by atoms with van der Waals surface area (Å²) in [5.74, 6) is 0. The van der Waals surface area contributed by atoms with Crippen molar-refractivity contribution in [2.75, 3.05) is 0 Å². The van der Waals surface area contributed by atoms with Crippen molar-refractivity contribution in [1.82, 2.24) is 0 Å². The first kappa shape index (κ1) is 25.6. The standard InChI is InChI=1S/C40H34/c1-27-5-11-33(12-6-27)37-23-9-29(3)25-39(37)35-19-15-31(16-20-35)32-17-21-36(22-18-32)40-26-30(4)10-24-38(40)34-13-7-28(2)8-14-34/h5-26H,1-4H3. The van der Waals surface area contributed by atoms with Crippen molar-refractivity contribution < 1.29 is 0 Å². The molecule has 0 saturated heterocycles. The second kappa shape index (κ2) is 10.8. The minimum absolute atomic E-state index is 1.22. The van der Waals surface area contributed by atoms with E-state index >= 15 is 0 Å². The fourth-order valence-electron chi connectivity index (χ4n) is 5.45. The van der Waals surface area contributed by atoms with E-state index in [-0.39, 0.29) is 0 Å². The summed E-state index contributed by atoms with van der Waals surface area (Å²) in [7, 11) is 0. The van der Waals surface area contributed by atoms with Crippen molar-refractivity contribution >= 4 is 0 Å². The maximum Gasteiger partial charge on any atom is -0.0103 e. The van der Waals surface area contributed by atoms with Gasteiger partial charge in [-0.05, 0) is 83.3 Å². The maximum absolute atomic E-state index is 2.30. The van der Waals surface area contributed by atoms with Gasteiger partial charge in [-0.15, -0.1) is 0 Å². The smallest absolute Gasteiger partial charge is 0.0103 e. The van der Waals surface area contributed by atoms with E-state index in [1.807, 2.05) is 0 Å². The molecule has 0 aliphatic rings. The minimum Gasteiger partial charge on any atom is -0.0587 e. The van der Waals surface area contributed by atoms with Crippen LogP contribution in [-0.4, -0.2) is 0 Å². The first-order valence-corrected chi connectivity index (χ1v) is 14.0. The van der Waals surface area contributed by atoms with Crippen LogP contribution in [0.5, 0.6) is 0 Å². The van der Waals surface area contributed by atoms with Crippen LogP contribution >= 0.6 is 0 Å². The second-order valence-corrected chi connectivity index (χ2v) is 11.0. The van der Waals surface area contributed by atoms with Gasteiger partial charge in [-0.25, -0.2) is 0 Å². The highest BCUT2D eigenvalue weighted by molar-refractivity contribution is 5.86. The highest BCUT2D eigenvalue weighted by Gasteiger charge is 2.11. The lowest BCUT2D eigenvalue weighted by Gasteiger charge is -2.14. The van der Waals surface area contributed by atoms with Crippen molar-refractivity contribution in [1.29, 1.82) is 0 Å². The monoisotopic (exact) mass is 514 g/mol. The molecule has 6 rings (SSSR count). The highest BCUT2D eigenvalue weighted by atomic mass is 14.1. The molecule has 0 heterocycles. The molecule has 0 heteroatoms. The van der Waals surface area contributed by atoms with Crippen LogP contribution in [0.3, 0.4) is 0 Å². The number of hydrogen-bond acceptors (Lipinski definition) is 0. The lowest BCUT2D eigenvalue weighted by atomic mass is 9.90. The van der Waals surface area contributed by atoms with Gasteiger partial charge in [-0.2, -0.15) is 0 Å². The molecule has 0 aromatic heterocycles. The zero-order valence-corrected chi connectivity index (χ0v) is 23.7. The summed E-state index contributed by atoms with van der Waals surface area (Å²) in [4.78, 5) is 0. The Morgan fingerprint density at radius 3 is 0.825 bits per heavy atom. The van der Waals surface area contributed by atoms with E-state index in [0.717, 1.165) is 0 Å². The molecule has 0 aliphatic carbocycles. The van der Waals surface area contributed by atoms with E-state index in [1.165, 1.54) is 77.9 Å². The summed E-state index contributed by atoms with van der Waals surface area (Å²) in [6, 6.07) is 49.1. The molecule has 0 saturated carbocycles. The Hall–Kier alpha value is -4.68. The zero-order chi connectivity index (χ0) is 27.6. The lowest BCUT2D eigenvalue weighted by molar-refractivity contribution is 1.44. The number of hydrogen-bond donors (Lipinski definition) is 0. The average molecular weight is 515 g/mol. The van der Waals surface area contributed by atoms with Gasteiger partial charge in [0.1, 0.15) is 0 Å². The average Bonchev–Trinajstić information content (AvgIpc) is 2.98. The zero-order valence-electron chi connectivity index (χ0n) is 23.7. The molecule has 0 unspecified atom stereocenters. The number of aryl methyl sites for hydroxylation is 4. The van der Waals surface area contributed by atoms with Crippen molar-refractivity contribution in [2.45, 2.75) is 27.7 Å². The van der Waals surface area contributed by atoms with E-state index in [1.54, 1.807) is 0 Å². The van der Waals surface area contributed by atoms with Crippen LogP contribution in [0.25, 0.3) is 55.6 Å². The molecule has 194 valence electrons. The minimum atomic E-state index is 1.22. The Labute approximate surface area is 238 Å². The summed E-state index contributed by atoms with van der Waals surface area (Å²) in [5, 5.41) is 0. The van der Waals surface area contributed by atoms with E-state index in [0.29, 0.717) is 0 Å². The SMILES string of the molecule is Cc1ccc(-c2ccc(C)cc2-c2ccc(-c3ccc(-c4cc(C)ccc4-c4ccc(C)cc4)cc3)cc2)cc1. The Kier molecular flexibility index (Phi) is 6.93. The quantitative estimate of drug-likeness (QED) is 0.215. The van der Waals surface area contributed by atoms with Crippen LogP contribution in [0, 0.1) is 27.7 Å². The summed E-state index contributed by atoms with van der Waals surface area (Å²) in [6.07, 6.45) is 0. The third-order valence-corrected chi connectivity index (χ3v) is 7.80. The van der Waals surface area contributed by atoms with Crippen LogP contribution in [0.4, 0.5) is 0 Å². The largest absolute Gasteiger partial charge is 0.0587 e. The van der Waals surface area contributed by atoms with Gasteiger partial charge >= 0.3 is 0 Å². The number of rotatable bonds is 5. The molecule has 0 aliphatic heterocycles. The van der Waals surface area contributed by atoms with E-state index in [4.69, 9.17) is 0 Å². The molecule has 0 amide bonds. The Balaban J connectivity index is 1.31. The topological polar surface area (TPSA) is 0 Å². The molecule has 6 aromatic carbocycles. The van der Waals surface area contributed by atoms with Crippen LogP contribution in [-0.2, 0) is 0 Å². The van der Waals surface area contributed by atoms with Crippen LogP contribution in [0.15, 0.2) is 133 Å². The third-order valence-electron chi connectivity index (χ3n) is 7.80. The molecule has 0 atom stereocenters. The summed E-state index contributed by atoms with van der Waals surface area (Å²) in [6.45, 7) is 8.59. The Morgan fingerprint density at radius 2 is 0.475 bits per heavy atom. The molecule has 0 N–H and O–H groups in total. The van der Waals surface area contributed by atoms with Gasteiger partial charge in [-0.1, -0.05) is 156 Å². The molecule has 0 nitrogen and oxygen atoms in total. The first-order chi connectivity index (χ1) is 19.4. The first-order valence-electron chi connectivity index (χ1n) is 14.0. The lowest BCUT2D eigenvalue weighted by Crippen LogP contribution is -1.89. The van der Waals surface area contributed by atoms with Crippen LogP contribution in [0.2, 0.25) is 0 Å². The van der Waals surface area contributed by atoms with Crippen molar-refractivity contribution in [3.05, 3.63) is 156 Å². The van der Waals surface area contributed by atoms with E-state index < -0.39 is 0 Å². The molecule has 6 aromatic rings. The van der Waals surface area contributed by atoms with Gasteiger partial charge in [0.2, 0.25) is 0 Å². The highest BCUT2D eigenvalue weighted by Crippen LogP contribution is 2.36. The molecular weight excluding hydrogens is 480 g/mol. The predicted molar refractivity (Wildman–Crippen MR) is 173 cm³/mol. The summed E-state index contributed by atoms with van der Waals surface area (Å²) < 4.78 is 0.